The average molecular weight is 308 g/mol. The van der Waals surface area contributed by atoms with Crippen molar-refractivity contribution in [1.29, 1.82) is 0 Å². The van der Waals surface area contributed by atoms with Gasteiger partial charge in [0, 0.05) is 18.1 Å². The topological polar surface area (TPSA) is 43.4 Å². The van der Waals surface area contributed by atoms with Gasteiger partial charge in [0.25, 0.3) is 0 Å². The second-order valence-electron chi connectivity index (χ2n) is 5.30. The molecule has 2 rings (SSSR count). The first kappa shape index (κ1) is 16.7. The highest BCUT2D eigenvalue weighted by molar-refractivity contribution is 5.98. The molecular weight excluding hydrogens is 288 g/mol. The van der Waals surface area contributed by atoms with Gasteiger partial charge in [0.15, 0.2) is 5.78 Å². The minimum atomic E-state index is -0.385. The molecule has 0 aliphatic heterocycles. The van der Waals surface area contributed by atoms with Crippen LogP contribution in [0.5, 0.6) is 0 Å². The predicted molar refractivity (Wildman–Crippen MR) is 91.3 cm³/mol. The van der Waals surface area contributed by atoms with Crippen LogP contribution in [0.2, 0.25) is 0 Å². The number of benzene rings is 2. The average Bonchev–Trinajstić information content (AvgIpc) is 2.53. The molecule has 3 nitrogen and oxygen atoms in total. The standard InChI is InChI=1S/C20H20O3/c1-3-23-20(22)11-10-16-7-5-9-18(13-16)19(21)14-17-8-4-6-15(2)12-17/h4-13H,3,14H2,1-2H3/b11-10+. The Kier molecular flexibility index (Phi) is 5.87. The van der Waals surface area contributed by atoms with Gasteiger partial charge in [-0.3, -0.25) is 4.79 Å². The minimum Gasteiger partial charge on any atom is -0.463 e. The quantitative estimate of drug-likeness (QED) is 0.460. The van der Waals surface area contributed by atoms with E-state index >= 15 is 0 Å². The van der Waals surface area contributed by atoms with Gasteiger partial charge in [-0.25, -0.2) is 4.79 Å². The highest BCUT2D eigenvalue weighted by atomic mass is 16.5. The van der Waals surface area contributed by atoms with Crippen molar-refractivity contribution < 1.29 is 14.3 Å². The third kappa shape index (κ3) is 5.22. The second kappa shape index (κ2) is 8.08. The van der Waals surface area contributed by atoms with Crippen LogP contribution >= 0.6 is 0 Å². The molecule has 118 valence electrons. The zero-order chi connectivity index (χ0) is 16.7. The number of rotatable bonds is 6. The molecule has 0 fully saturated rings. The Balaban J connectivity index is 2.09. The summed E-state index contributed by atoms with van der Waals surface area (Å²) in [4.78, 5) is 23.7. The van der Waals surface area contributed by atoms with Crippen LogP contribution in [0.4, 0.5) is 0 Å². The van der Waals surface area contributed by atoms with Gasteiger partial charge in [-0.1, -0.05) is 48.0 Å². The van der Waals surface area contributed by atoms with Crippen molar-refractivity contribution in [3.8, 4) is 0 Å². The molecular formula is C20H20O3. The lowest BCUT2D eigenvalue weighted by atomic mass is 10.00. The SMILES string of the molecule is CCOC(=O)/C=C/c1cccc(C(=O)Cc2cccc(C)c2)c1. The third-order valence-electron chi connectivity index (χ3n) is 3.35. The number of Topliss-reactive ketones (excluding diaryl/α,β-unsaturated/α-hetero) is 1. The van der Waals surface area contributed by atoms with Gasteiger partial charge in [-0.05, 0) is 37.1 Å². The number of carbonyl (C=O) groups is 2. The maximum Gasteiger partial charge on any atom is 0.330 e. The van der Waals surface area contributed by atoms with Crippen LogP contribution < -0.4 is 0 Å². The smallest absolute Gasteiger partial charge is 0.330 e. The molecule has 0 saturated carbocycles. The largest absolute Gasteiger partial charge is 0.463 e. The summed E-state index contributed by atoms with van der Waals surface area (Å²) in [5, 5.41) is 0. The number of carbonyl (C=O) groups excluding carboxylic acids is 2. The molecule has 0 N–H and O–H groups in total. The first-order valence-corrected chi connectivity index (χ1v) is 7.62. The van der Waals surface area contributed by atoms with Crippen molar-refractivity contribution >= 4 is 17.8 Å². The Hall–Kier alpha value is -2.68. The van der Waals surface area contributed by atoms with Gasteiger partial charge in [0.2, 0.25) is 0 Å². The van der Waals surface area contributed by atoms with Crippen molar-refractivity contribution in [2.24, 2.45) is 0 Å². The summed E-state index contributed by atoms with van der Waals surface area (Å²) in [6.45, 7) is 4.11. The summed E-state index contributed by atoms with van der Waals surface area (Å²) < 4.78 is 4.84. The summed E-state index contributed by atoms with van der Waals surface area (Å²) in [6.07, 6.45) is 3.39. The number of ketones is 1. The Morgan fingerprint density at radius 3 is 2.61 bits per heavy atom. The second-order valence-corrected chi connectivity index (χ2v) is 5.30. The van der Waals surface area contributed by atoms with Crippen molar-refractivity contribution in [1.82, 2.24) is 0 Å². The fraction of sp³-hybridized carbons (Fsp3) is 0.200. The number of ether oxygens (including phenoxy) is 1. The zero-order valence-corrected chi connectivity index (χ0v) is 13.4. The first-order valence-electron chi connectivity index (χ1n) is 7.62. The molecule has 0 heterocycles. The highest BCUT2D eigenvalue weighted by Crippen LogP contribution is 2.12. The number of esters is 1. The fourth-order valence-corrected chi connectivity index (χ4v) is 2.28. The molecule has 0 saturated heterocycles. The Bertz CT molecular complexity index is 729. The summed E-state index contributed by atoms with van der Waals surface area (Å²) >= 11 is 0. The van der Waals surface area contributed by atoms with E-state index in [4.69, 9.17) is 4.74 Å². The maximum atomic E-state index is 12.4. The molecule has 0 spiro atoms. The number of hydrogen-bond donors (Lipinski definition) is 0. The van der Waals surface area contributed by atoms with E-state index in [0.717, 1.165) is 16.7 Å². The van der Waals surface area contributed by atoms with Crippen molar-refractivity contribution in [3.63, 3.8) is 0 Å². The molecule has 3 heteroatoms. The van der Waals surface area contributed by atoms with Crippen LogP contribution in [0.1, 0.15) is 34.0 Å². The summed E-state index contributed by atoms with van der Waals surface area (Å²) in [5.74, 6) is -0.328. The minimum absolute atomic E-state index is 0.0574. The first-order chi connectivity index (χ1) is 11.1. The lowest BCUT2D eigenvalue weighted by Crippen LogP contribution is -2.04. The summed E-state index contributed by atoms with van der Waals surface area (Å²) in [5.41, 5.74) is 3.58. The molecule has 23 heavy (non-hydrogen) atoms. The van der Waals surface area contributed by atoms with Crippen LogP contribution in [0.25, 0.3) is 6.08 Å². The fourth-order valence-electron chi connectivity index (χ4n) is 2.28. The van der Waals surface area contributed by atoms with E-state index in [1.54, 1.807) is 25.1 Å². The normalized spacial score (nSPS) is 10.7. The molecule has 0 aliphatic carbocycles. The molecule has 2 aromatic rings. The lowest BCUT2D eigenvalue weighted by molar-refractivity contribution is -0.137. The van der Waals surface area contributed by atoms with E-state index in [2.05, 4.69) is 0 Å². The molecule has 0 atom stereocenters. The molecule has 0 bridgehead atoms. The van der Waals surface area contributed by atoms with E-state index in [0.29, 0.717) is 18.6 Å². The highest BCUT2D eigenvalue weighted by Gasteiger charge is 2.07. The van der Waals surface area contributed by atoms with Crippen LogP contribution in [0.15, 0.2) is 54.6 Å². The lowest BCUT2D eigenvalue weighted by Gasteiger charge is -2.04. The predicted octanol–water partition coefficient (Wildman–Crippen LogP) is 4.00. The molecule has 0 aliphatic rings. The molecule has 0 amide bonds. The van der Waals surface area contributed by atoms with Gasteiger partial charge in [0.1, 0.15) is 0 Å². The number of hydrogen-bond acceptors (Lipinski definition) is 3. The monoisotopic (exact) mass is 308 g/mol. The van der Waals surface area contributed by atoms with Gasteiger partial charge < -0.3 is 4.74 Å². The van der Waals surface area contributed by atoms with E-state index in [-0.39, 0.29) is 11.8 Å². The third-order valence-corrected chi connectivity index (χ3v) is 3.35. The van der Waals surface area contributed by atoms with Crippen LogP contribution in [0, 0.1) is 6.92 Å². The van der Waals surface area contributed by atoms with Gasteiger partial charge in [-0.2, -0.15) is 0 Å². The molecule has 0 aromatic heterocycles. The number of aryl methyl sites for hydroxylation is 1. The molecule has 0 radical (unpaired) electrons. The van der Waals surface area contributed by atoms with Crippen LogP contribution in [0.3, 0.4) is 0 Å². The van der Waals surface area contributed by atoms with Gasteiger partial charge in [-0.15, -0.1) is 0 Å². The van der Waals surface area contributed by atoms with E-state index in [1.807, 2.05) is 43.3 Å². The van der Waals surface area contributed by atoms with Crippen molar-refractivity contribution in [2.45, 2.75) is 20.3 Å². The Morgan fingerprint density at radius 1 is 1.09 bits per heavy atom. The maximum absolute atomic E-state index is 12.4. The summed E-state index contributed by atoms with van der Waals surface area (Å²) in [7, 11) is 0. The van der Waals surface area contributed by atoms with E-state index in [1.165, 1.54) is 6.08 Å². The molecule has 2 aromatic carbocycles. The zero-order valence-electron chi connectivity index (χ0n) is 13.4. The van der Waals surface area contributed by atoms with E-state index in [9.17, 15) is 9.59 Å². The Morgan fingerprint density at radius 2 is 1.87 bits per heavy atom. The van der Waals surface area contributed by atoms with Crippen molar-refractivity contribution in [3.05, 3.63) is 76.9 Å². The molecule has 0 unspecified atom stereocenters. The van der Waals surface area contributed by atoms with Crippen molar-refractivity contribution in [2.75, 3.05) is 6.61 Å². The van der Waals surface area contributed by atoms with E-state index < -0.39 is 0 Å². The van der Waals surface area contributed by atoms with Crippen LogP contribution in [-0.2, 0) is 16.0 Å². The van der Waals surface area contributed by atoms with Crippen LogP contribution in [-0.4, -0.2) is 18.4 Å². The summed E-state index contributed by atoms with van der Waals surface area (Å²) in [6, 6.07) is 15.2. The van der Waals surface area contributed by atoms with Gasteiger partial charge in [0.05, 0.1) is 6.61 Å². The Labute approximate surface area is 136 Å². The van der Waals surface area contributed by atoms with Gasteiger partial charge >= 0.3 is 5.97 Å².